The molecule has 0 bridgehead atoms. The van der Waals surface area contributed by atoms with Crippen molar-refractivity contribution in [1.29, 1.82) is 0 Å². The van der Waals surface area contributed by atoms with Gasteiger partial charge in [-0.1, -0.05) is 31.4 Å². The first kappa shape index (κ1) is 15.5. The van der Waals surface area contributed by atoms with Crippen molar-refractivity contribution in [3.05, 3.63) is 27.6 Å². The summed E-state index contributed by atoms with van der Waals surface area (Å²) in [7, 11) is -2.03. The number of halogens is 1. The molecule has 2 unspecified atom stereocenters. The van der Waals surface area contributed by atoms with E-state index in [2.05, 4.69) is 11.9 Å². The predicted octanol–water partition coefficient (Wildman–Crippen LogP) is 2.23. The Kier molecular flexibility index (Phi) is 4.56. The molecular weight excluding hydrogens is 300 g/mol. The molecule has 0 saturated heterocycles. The van der Waals surface area contributed by atoms with E-state index >= 15 is 0 Å². The molecule has 2 atom stereocenters. The Morgan fingerprint density at radius 3 is 2.60 bits per heavy atom. The second kappa shape index (κ2) is 5.87. The second-order valence-electron chi connectivity index (χ2n) is 5.36. The van der Waals surface area contributed by atoms with Crippen molar-refractivity contribution in [2.75, 3.05) is 7.05 Å². The van der Waals surface area contributed by atoms with Crippen LogP contribution >= 0.6 is 11.6 Å². The molecule has 1 fully saturated rings. The van der Waals surface area contributed by atoms with Gasteiger partial charge in [-0.2, -0.15) is 4.31 Å². The van der Waals surface area contributed by atoms with Gasteiger partial charge in [-0.3, -0.25) is 4.79 Å². The molecule has 112 valence electrons. The SMILES string of the molecule is CC1CCCCC1N(C)S(=O)(=O)c1c[nH]c(=O)c(Cl)c1. The highest BCUT2D eigenvalue weighted by atomic mass is 35.5. The summed E-state index contributed by atoms with van der Waals surface area (Å²) >= 11 is 5.71. The molecule has 1 N–H and O–H groups in total. The van der Waals surface area contributed by atoms with Gasteiger partial charge in [0.2, 0.25) is 10.0 Å². The zero-order chi connectivity index (χ0) is 14.9. The quantitative estimate of drug-likeness (QED) is 0.929. The number of hydrogen-bond acceptors (Lipinski definition) is 3. The largest absolute Gasteiger partial charge is 0.326 e. The molecule has 0 radical (unpaired) electrons. The fourth-order valence-corrected chi connectivity index (χ4v) is 4.48. The van der Waals surface area contributed by atoms with Crippen molar-refractivity contribution in [3.8, 4) is 0 Å². The van der Waals surface area contributed by atoms with Crippen LogP contribution < -0.4 is 5.56 Å². The van der Waals surface area contributed by atoms with E-state index in [1.807, 2.05) is 0 Å². The van der Waals surface area contributed by atoms with E-state index in [1.54, 1.807) is 7.05 Å². The summed E-state index contributed by atoms with van der Waals surface area (Å²) in [6.45, 7) is 2.08. The van der Waals surface area contributed by atoms with Gasteiger partial charge in [0.1, 0.15) is 5.02 Å². The number of aromatic amines is 1. The topological polar surface area (TPSA) is 70.2 Å². The van der Waals surface area contributed by atoms with E-state index in [4.69, 9.17) is 11.6 Å². The van der Waals surface area contributed by atoms with Crippen molar-refractivity contribution >= 4 is 21.6 Å². The molecule has 2 rings (SSSR count). The number of H-pyrrole nitrogens is 1. The lowest BCUT2D eigenvalue weighted by molar-refractivity contribution is 0.213. The van der Waals surface area contributed by atoms with Gasteiger partial charge in [-0.25, -0.2) is 8.42 Å². The normalized spacial score (nSPS) is 24.0. The lowest BCUT2D eigenvalue weighted by Crippen LogP contribution is -2.42. The van der Waals surface area contributed by atoms with Crippen LogP contribution in [-0.4, -0.2) is 30.8 Å². The van der Waals surface area contributed by atoms with Crippen LogP contribution in [0, 0.1) is 5.92 Å². The van der Waals surface area contributed by atoms with Crippen LogP contribution in [0.2, 0.25) is 5.02 Å². The number of pyridine rings is 1. The Bertz CT molecular complexity index is 641. The Morgan fingerprint density at radius 2 is 2.00 bits per heavy atom. The average Bonchev–Trinajstić information content (AvgIpc) is 2.41. The molecule has 0 aliphatic heterocycles. The summed E-state index contributed by atoms with van der Waals surface area (Å²) in [6, 6.07) is 1.21. The molecule has 1 aliphatic carbocycles. The lowest BCUT2D eigenvalue weighted by Gasteiger charge is -2.35. The minimum absolute atomic E-state index is 0.000506. The Hall–Kier alpha value is -0.850. The van der Waals surface area contributed by atoms with Crippen LogP contribution in [0.5, 0.6) is 0 Å². The van der Waals surface area contributed by atoms with Gasteiger partial charge in [0, 0.05) is 19.3 Å². The molecule has 1 saturated carbocycles. The predicted molar refractivity (Wildman–Crippen MR) is 78.4 cm³/mol. The van der Waals surface area contributed by atoms with E-state index in [-0.39, 0.29) is 16.0 Å². The molecule has 5 nitrogen and oxygen atoms in total. The fourth-order valence-electron chi connectivity index (χ4n) is 2.77. The molecule has 20 heavy (non-hydrogen) atoms. The third kappa shape index (κ3) is 2.92. The highest BCUT2D eigenvalue weighted by molar-refractivity contribution is 7.89. The van der Waals surface area contributed by atoms with Crippen LogP contribution in [0.3, 0.4) is 0 Å². The third-order valence-corrected chi connectivity index (χ3v) is 6.18. The summed E-state index contributed by atoms with van der Waals surface area (Å²) in [5.41, 5.74) is -0.487. The van der Waals surface area contributed by atoms with Gasteiger partial charge in [0.25, 0.3) is 5.56 Å². The van der Waals surface area contributed by atoms with E-state index < -0.39 is 15.6 Å². The maximum Gasteiger partial charge on any atom is 0.266 e. The van der Waals surface area contributed by atoms with E-state index in [9.17, 15) is 13.2 Å². The third-order valence-electron chi connectivity index (χ3n) is 4.04. The molecule has 0 amide bonds. The van der Waals surface area contributed by atoms with Crippen LogP contribution in [-0.2, 0) is 10.0 Å². The van der Waals surface area contributed by atoms with Crippen molar-refractivity contribution in [3.63, 3.8) is 0 Å². The minimum atomic E-state index is -3.63. The zero-order valence-corrected chi connectivity index (χ0v) is 13.2. The molecule has 1 heterocycles. The van der Waals surface area contributed by atoms with Crippen molar-refractivity contribution in [2.45, 2.75) is 43.5 Å². The van der Waals surface area contributed by atoms with Crippen LogP contribution in [0.25, 0.3) is 0 Å². The summed E-state index contributed by atoms with van der Waals surface area (Å²) in [6.07, 6.45) is 5.30. The van der Waals surface area contributed by atoms with Crippen LogP contribution in [0.15, 0.2) is 22.0 Å². The van der Waals surface area contributed by atoms with Gasteiger partial charge >= 0.3 is 0 Å². The highest BCUT2D eigenvalue weighted by Gasteiger charge is 2.33. The molecule has 0 aromatic carbocycles. The number of nitrogens with one attached hydrogen (secondary N) is 1. The van der Waals surface area contributed by atoms with E-state index in [0.717, 1.165) is 25.7 Å². The first-order valence-electron chi connectivity index (χ1n) is 6.70. The minimum Gasteiger partial charge on any atom is -0.326 e. The number of aromatic nitrogens is 1. The Balaban J connectivity index is 2.33. The summed E-state index contributed by atoms with van der Waals surface area (Å²) in [4.78, 5) is 13.6. The Morgan fingerprint density at radius 1 is 1.35 bits per heavy atom. The van der Waals surface area contributed by atoms with Crippen LogP contribution in [0.1, 0.15) is 32.6 Å². The number of hydrogen-bond donors (Lipinski definition) is 1. The molecule has 0 spiro atoms. The van der Waals surface area contributed by atoms with Crippen molar-refractivity contribution < 1.29 is 8.42 Å². The van der Waals surface area contributed by atoms with Gasteiger partial charge in [-0.15, -0.1) is 0 Å². The lowest BCUT2D eigenvalue weighted by atomic mass is 9.86. The fraction of sp³-hybridized carbons (Fsp3) is 0.615. The molecule has 1 aliphatic rings. The number of nitrogens with zero attached hydrogens (tertiary/aromatic N) is 1. The summed E-state index contributed by atoms with van der Waals surface area (Å²) < 4.78 is 26.6. The monoisotopic (exact) mass is 318 g/mol. The maximum atomic E-state index is 12.6. The first-order valence-corrected chi connectivity index (χ1v) is 8.52. The Labute approximate surface area is 124 Å². The summed E-state index contributed by atoms with van der Waals surface area (Å²) in [5, 5.41) is -0.115. The van der Waals surface area contributed by atoms with Crippen LogP contribution in [0.4, 0.5) is 0 Å². The summed E-state index contributed by atoms with van der Waals surface area (Å²) in [5.74, 6) is 0.335. The number of sulfonamides is 1. The first-order chi connectivity index (χ1) is 9.34. The van der Waals surface area contributed by atoms with E-state index in [0.29, 0.717) is 5.92 Å². The zero-order valence-electron chi connectivity index (χ0n) is 11.6. The van der Waals surface area contributed by atoms with Crippen molar-refractivity contribution in [2.24, 2.45) is 5.92 Å². The smallest absolute Gasteiger partial charge is 0.266 e. The second-order valence-corrected chi connectivity index (χ2v) is 7.77. The standard InChI is InChI=1S/C13H19ClN2O3S/c1-9-5-3-4-6-12(9)16(2)20(18,19)10-7-11(14)13(17)15-8-10/h7-9,12H,3-6H2,1-2H3,(H,15,17). The van der Waals surface area contributed by atoms with Gasteiger partial charge in [0.05, 0.1) is 4.90 Å². The maximum absolute atomic E-state index is 12.6. The van der Waals surface area contributed by atoms with Gasteiger partial charge in [0.15, 0.2) is 0 Å². The molecule has 1 aromatic heterocycles. The van der Waals surface area contributed by atoms with Crippen molar-refractivity contribution in [1.82, 2.24) is 9.29 Å². The average molecular weight is 319 g/mol. The van der Waals surface area contributed by atoms with Gasteiger partial charge < -0.3 is 4.98 Å². The number of rotatable bonds is 3. The molecular formula is C13H19ClN2O3S. The van der Waals surface area contributed by atoms with Gasteiger partial charge in [-0.05, 0) is 24.8 Å². The molecule has 7 heteroatoms. The van der Waals surface area contributed by atoms with E-state index in [1.165, 1.54) is 16.6 Å². The highest BCUT2D eigenvalue weighted by Crippen LogP contribution is 2.30. The molecule has 1 aromatic rings.